The minimum absolute atomic E-state index is 0.0235. The Hall–Kier alpha value is -3.52. The van der Waals surface area contributed by atoms with E-state index in [9.17, 15) is 20.1 Å². The van der Waals surface area contributed by atoms with Gasteiger partial charge in [0, 0.05) is 12.4 Å². The number of hydrogen-bond acceptors (Lipinski definition) is 6. The Morgan fingerprint density at radius 3 is 2.36 bits per heavy atom. The lowest BCUT2D eigenvalue weighted by molar-refractivity contribution is -0.130. The summed E-state index contributed by atoms with van der Waals surface area (Å²) in [6.07, 6.45) is 2.20. The van der Waals surface area contributed by atoms with Gasteiger partial charge in [-0.15, -0.1) is 0 Å². The Morgan fingerprint density at radius 2 is 1.86 bits per heavy atom. The third-order valence-corrected chi connectivity index (χ3v) is 4.64. The molecule has 1 N–H and O–H groups in total. The van der Waals surface area contributed by atoms with Gasteiger partial charge in [-0.2, -0.15) is 10.5 Å². The highest BCUT2D eigenvalue weighted by molar-refractivity contribution is 5.96. The number of hydrogen-bond donors (Lipinski definition) is 1. The van der Waals surface area contributed by atoms with Gasteiger partial charge in [-0.05, 0) is 38.8 Å². The van der Waals surface area contributed by atoms with Gasteiger partial charge in [0.2, 0.25) is 5.88 Å². The van der Waals surface area contributed by atoms with Crippen LogP contribution < -0.4 is 5.32 Å². The Morgan fingerprint density at radius 1 is 1.25 bits per heavy atom. The van der Waals surface area contributed by atoms with Crippen molar-refractivity contribution in [3.05, 3.63) is 41.4 Å². The standard InChI is InChI=1S/C20H22N4O4/c1-12(2)20(5,11-22)23-17(25)14(4)28-19(26)16-13(3)27-18(15(16)10-21)24-8-6-7-9-24/h6-9,12,14H,1-5H3,(H,23,25). The molecule has 0 aromatic carbocycles. The molecular formula is C20H22N4O4. The fourth-order valence-electron chi connectivity index (χ4n) is 2.46. The number of furan rings is 1. The second-order valence-electron chi connectivity index (χ2n) is 6.92. The van der Waals surface area contributed by atoms with Crippen molar-refractivity contribution in [3.8, 4) is 18.0 Å². The van der Waals surface area contributed by atoms with Crippen LogP contribution in [0.15, 0.2) is 28.9 Å². The van der Waals surface area contributed by atoms with E-state index < -0.39 is 23.5 Å². The summed E-state index contributed by atoms with van der Waals surface area (Å²) in [6, 6.07) is 7.53. The molecule has 146 valence electrons. The Kier molecular flexibility index (Phi) is 5.95. The molecule has 0 radical (unpaired) electrons. The summed E-state index contributed by atoms with van der Waals surface area (Å²) in [5, 5.41) is 21.4. The summed E-state index contributed by atoms with van der Waals surface area (Å²) >= 11 is 0. The summed E-state index contributed by atoms with van der Waals surface area (Å²) in [5.41, 5.74) is -1.10. The fourth-order valence-corrected chi connectivity index (χ4v) is 2.46. The lowest BCUT2D eigenvalue weighted by Crippen LogP contribution is -2.52. The molecular weight excluding hydrogens is 360 g/mol. The van der Waals surface area contributed by atoms with Crippen LogP contribution in [0.3, 0.4) is 0 Å². The summed E-state index contributed by atoms with van der Waals surface area (Å²) in [5.74, 6) is -1.18. The Bertz CT molecular complexity index is 960. The first-order chi connectivity index (χ1) is 13.1. The van der Waals surface area contributed by atoms with Crippen molar-refractivity contribution in [2.45, 2.75) is 46.3 Å². The van der Waals surface area contributed by atoms with E-state index in [1.165, 1.54) is 6.92 Å². The SMILES string of the molecule is Cc1oc(-n2cccc2)c(C#N)c1C(=O)OC(C)C(=O)NC(C)(C#N)C(C)C. The number of nitrogens with zero attached hydrogens (tertiary/aromatic N) is 3. The van der Waals surface area contributed by atoms with Crippen LogP contribution in [0.4, 0.5) is 0 Å². The predicted molar refractivity (Wildman–Crippen MR) is 99.4 cm³/mol. The molecule has 0 fully saturated rings. The highest BCUT2D eigenvalue weighted by Gasteiger charge is 2.34. The van der Waals surface area contributed by atoms with E-state index >= 15 is 0 Å². The number of aromatic nitrogens is 1. The highest BCUT2D eigenvalue weighted by Crippen LogP contribution is 2.26. The molecule has 0 aliphatic carbocycles. The molecule has 0 aliphatic rings. The van der Waals surface area contributed by atoms with Crippen LogP contribution in [0.5, 0.6) is 0 Å². The summed E-state index contributed by atoms with van der Waals surface area (Å²) in [6.45, 7) is 8.15. The number of ether oxygens (including phenoxy) is 1. The smallest absolute Gasteiger partial charge is 0.343 e. The second kappa shape index (κ2) is 8.01. The molecule has 2 unspecified atom stereocenters. The van der Waals surface area contributed by atoms with Crippen LogP contribution in [-0.4, -0.2) is 28.1 Å². The van der Waals surface area contributed by atoms with Crippen LogP contribution in [-0.2, 0) is 9.53 Å². The van der Waals surface area contributed by atoms with Crippen molar-refractivity contribution in [1.82, 2.24) is 9.88 Å². The summed E-state index contributed by atoms with van der Waals surface area (Å²) in [7, 11) is 0. The second-order valence-corrected chi connectivity index (χ2v) is 6.92. The first-order valence-electron chi connectivity index (χ1n) is 8.75. The van der Waals surface area contributed by atoms with E-state index in [1.54, 1.807) is 56.8 Å². The predicted octanol–water partition coefficient (Wildman–Crippen LogP) is 2.85. The number of aryl methyl sites for hydroxylation is 1. The van der Waals surface area contributed by atoms with Crippen LogP contribution in [0.2, 0.25) is 0 Å². The summed E-state index contributed by atoms with van der Waals surface area (Å²) in [4.78, 5) is 25.0. The maximum atomic E-state index is 12.6. The molecule has 8 heteroatoms. The van der Waals surface area contributed by atoms with Crippen LogP contribution in [0.1, 0.15) is 49.4 Å². The largest absolute Gasteiger partial charge is 0.449 e. The molecule has 2 atom stereocenters. The van der Waals surface area contributed by atoms with Crippen molar-refractivity contribution in [3.63, 3.8) is 0 Å². The number of nitrogens with one attached hydrogen (secondary N) is 1. The van der Waals surface area contributed by atoms with Gasteiger partial charge in [-0.3, -0.25) is 9.36 Å². The van der Waals surface area contributed by atoms with Crippen molar-refractivity contribution >= 4 is 11.9 Å². The zero-order chi connectivity index (χ0) is 21.1. The first-order valence-corrected chi connectivity index (χ1v) is 8.75. The monoisotopic (exact) mass is 382 g/mol. The Balaban J connectivity index is 2.23. The van der Waals surface area contributed by atoms with E-state index in [1.807, 2.05) is 6.07 Å². The number of carbonyl (C=O) groups excluding carboxylic acids is 2. The molecule has 0 spiro atoms. The van der Waals surface area contributed by atoms with Gasteiger partial charge in [0.1, 0.15) is 28.5 Å². The third kappa shape index (κ3) is 3.91. The molecule has 0 saturated carbocycles. The number of amides is 1. The van der Waals surface area contributed by atoms with Gasteiger partial charge in [-0.1, -0.05) is 13.8 Å². The van der Waals surface area contributed by atoms with Gasteiger partial charge < -0.3 is 14.5 Å². The summed E-state index contributed by atoms with van der Waals surface area (Å²) < 4.78 is 12.4. The van der Waals surface area contributed by atoms with E-state index in [0.29, 0.717) is 0 Å². The number of carbonyl (C=O) groups is 2. The maximum Gasteiger partial charge on any atom is 0.343 e. The zero-order valence-corrected chi connectivity index (χ0v) is 16.4. The normalized spacial score (nSPS) is 13.9. The molecule has 28 heavy (non-hydrogen) atoms. The number of rotatable bonds is 6. The lowest BCUT2D eigenvalue weighted by Gasteiger charge is -2.28. The van der Waals surface area contributed by atoms with Gasteiger partial charge in [-0.25, -0.2) is 4.79 Å². The molecule has 2 aromatic rings. The van der Waals surface area contributed by atoms with Crippen LogP contribution in [0, 0.1) is 35.5 Å². The van der Waals surface area contributed by atoms with Crippen molar-refractivity contribution in [1.29, 1.82) is 10.5 Å². The Labute approximate surface area is 163 Å². The maximum absolute atomic E-state index is 12.6. The zero-order valence-electron chi connectivity index (χ0n) is 16.4. The van der Waals surface area contributed by atoms with Crippen LogP contribution >= 0.6 is 0 Å². The molecule has 2 rings (SSSR count). The molecule has 1 amide bonds. The molecule has 2 heterocycles. The van der Waals surface area contributed by atoms with Gasteiger partial charge in [0.15, 0.2) is 6.10 Å². The first kappa shape index (κ1) is 20.8. The van der Waals surface area contributed by atoms with Crippen molar-refractivity contribution in [2.24, 2.45) is 5.92 Å². The van der Waals surface area contributed by atoms with Crippen molar-refractivity contribution < 1.29 is 18.7 Å². The fraction of sp³-hybridized carbons (Fsp3) is 0.400. The molecule has 0 aliphatic heterocycles. The molecule has 0 saturated heterocycles. The van der Waals surface area contributed by atoms with Gasteiger partial charge >= 0.3 is 5.97 Å². The van der Waals surface area contributed by atoms with E-state index in [-0.39, 0.29) is 28.7 Å². The quantitative estimate of drug-likeness (QED) is 0.767. The molecule has 2 aromatic heterocycles. The van der Waals surface area contributed by atoms with E-state index in [2.05, 4.69) is 11.4 Å². The van der Waals surface area contributed by atoms with Gasteiger partial charge in [0.05, 0.1) is 6.07 Å². The minimum Gasteiger partial charge on any atom is -0.449 e. The molecule has 0 bridgehead atoms. The molecule has 8 nitrogen and oxygen atoms in total. The van der Waals surface area contributed by atoms with Crippen LogP contribution in [0.25, 0.3) is 5.88 Å². The van der Waals surface area contributed by atoms with E-state index in [0.717, 1.165) is 0 Å². The third-order valence-electron chi connectivity index (χ3n) is 4.64. The highest BCUT2D eigenvalue weighted by atomic mass is 16.5. The lowest BCUT2D eigenvalue weighted by atomic mass is 9.90. The minimum atomic E-state index is -1.16. The average molecular weight is 382 g/mol. The van der Waals surface area contributed by atoms with Crippen molar-refractivity contribution in [2.75, 3.05) is 0 Å². The number of nitriles is 2. The average Bonchev–Trinajstić information content (AvgIpc) is 3.28. The topological polar surface area (TPSA) is 121 Å². The van der Waals surface area contributed by atoms with Gasteiger partial charge in [0.25, 0.3) is 5.91 Å². The van der Waals surface area contributed by atoms with E-state index in [4.69, 9.17) is 9.15 Å². The number of esters is 1.